The Labute approximate surface area is 88.0 Å². The predicted octanol–water partition coefficient (Wildman–Crippen LogP) is 0.735. The first-order chi connectivity index (χ1) is 7.24. The van der Waals surface area contributed by atoms with Gasteiger partial charge in [0.15, 0.2) is 0 Å². The minimum Gasteiger partial charge on any atom is -0.488 e. The third-order valence-corrected chi connectivity index (χ3v) is 2.49. The van der Waals surface area contributed by atoms with Crippen LogP contribution in [0.3, 0.4) is 0 Å². The van der Waals surface area contributed by atoms with Crippen LogP contribution in [-0.2, 0) is 11.2 Å². The van der Waals surface area contributed by atoms with Gasteiger partial charge in [-0.15, -0.1) is 0 Å². The summed E-state index contributed by atoms with van der Waals surface area (Å²) in [7, 11) is 1.37. The smallest absolute Gasteiger partial charge is 0.337 e. The molecule has 1 aliphatic heterocycles. The third kappa shape index (κ3) is 1.80. The van der Waals surface area contributed by atoms with E-state index in [1.807, 2.05) is 0 Å². The number of carbonyl (C=O) groups is 1. The Morgan fingerprint density at radius 2 is 2.47 bits per heavy atom. The number of carbonyl (C=O) groups excluding carboxylic acids is 1. The molecule has 1 atom stereocenters. The Hall–Kier alpha value is -1.55. The van der Waals surface area contributed by atoms with Gasteiger partial charge >= 0.3 is 5.97 Å². The van der Waals surface area contributed by atoms with Gasteiger partial charge in [-0.25, -0.2) is 4.79 Å². The van der Waals surface area contributed by atoms with Crippen LogP contribution in [0.1, 0.15) is 15.9 Å². The molecule has 1 aliphatic rings. The molecule has 15 heavy (non-hydrogen) atoms. The van der Waals surface area contributed by atoms with Gasteiger partial charge in [0.2, 0.25) is 0 Å². The number of nitrogens with two attached hydrogens (primary N) is 1. The zero-order valence-corrected chi connectivity index (χ0v) is 8.53. The normalized spacial score (nSPS) is 18.1. The van der Waals surface area contributed by atoms with Crippen LogP contribution >= 0.6 is 0 Å². The van der Waals surface area contributed by atoms with Gasteiger partial charge in [-0.1, -0.05) is 0 Å². The average Bonchev–Trinajstić information content (AvgIpc) is 2.69. The second-order valence-corrected chi connectivity index (χ2v) is 3.49. The minimum atomic E-state index is -0.325. The number of hydrogen-bond donors (Lipinski definition) is 1. The lowest BCUT2D eigenvalue weighted by molar-refractivity contribution is 0.0600. The lowest BCUT2D eigenvalue weighted by Gasteiger charge is -2.05. The van der Waals surface area contributed by atoms with Crippen LogP contribution in [0.25, 0.3) is 0 Å². The molecule has 0 unspecified atom stereocenters. The molecule has 0 bridgehead atoms. The zero-order chi connectivity index (χ0) is 10.8. The predicted molar refractivity (Wildman–Crippen MR) is 55.0 cm³/mol. The first-order valence-corrected chi connectivity index (χ1v) is 4.82. The summed E-state index contributed by atoms with van der Waals surface area (Å²) in [6.45, 7) is 0.488. The molecule has 0 saturated carbocycles. The standard InChI is InChI=1S/C11H13NO3/c1-14-11(13)7-2-3-10-8(4-7)5-9(6-12)15-10/h2-4,9H,5-6,12H2,1H3/t9-/m0/s1. The van der Waals surface area contributed by atoms with Crippen molar-refractivity contribution in [1.82, 2.24) is 0 Å². The van der Waals surface area contributed by atoms with Crippen LogP contribution in [0.4, 0.5) is 0 Å². The molecule has 4 nitrogen and oxygen atoms in total. The quantitative estimate of drug-likeness (QED) is 0.726. The Morgan fingerprint density at radius 1 is 1.67 bits per heavy atom. The molecule has 0 aliphatic carbocycles. The Bertz CT molecular complexity index is 389. The molecule has 1 aromatic carbocycles. The lowest BCUT2D eigenvalue weighted by Crippen LogP contribution is -2.24. The molecule has 0 fully saturated rings. The number of benzene rings is 1. The first kappa shape index (κ1) is 9.98. The van der Waals surface area contributed by atoms with E-state index in [4.69, 9.17) is 10.5 Å². The second kappa shape index (κ2) is 3.90. The van der Waals surface area contributed by atoms with Crippen LogP contribution in [0.15, 0.2) is 18.2 Å². The first-order valence-electron chi connectivity index (χ1n) is 4.82. The molecular formula is C11H13NO3. The van der Waals surface area contributed by atoms with Gasteiger partial charge < -0.3 is 15.2 Å². The fourth-order valence-electron chi connectivity index (χ4n) is 1.70. The van der Waals surface area contributed by atoms with Crippen molar-refractivity contribution in [2.45, 2.75) is 12.5 Å². The van der Waals surface area contributed by atoms with E-state index in [2.05, 4.69) is 4.74 Å². The molecule has 0 radical (unpaired) electrons. The van der Waals surface area contributed by atoms with Gasteiger partial charge in [-0.3, -0.25) is 0 Å². The van der Waals surface area contributed by atoms with Crippen molar-refractivity contribution in [3.63, 3.8) is 0 Å². The van der Waals surface area contributed by atoms with Crippen LogP contribution < -0.4 is 10.5 Å². The molecule has 0 amide bonds. The molecule has 2 N–H and O–H groups in total. The number of rotatable bonds is 2. The van der Waals surface area contributed by atoms with Gasteiger partial charge in [-0.2, -0.15) is 0 Å². The van der Waals surface area contributed by atoms with Gasteiger partial charge in [0, 0.05) is 13.0 Å². The van der Waals surface area contributed by atoms with E-state index in [0.29, 0.717) is 12.1 Å². The van der Waals surface area contributed by atoms with E-state index in [0.717, 1.165) is 17.7 Å². The molecule has 0 aromatic heterocycles. The van der Waals surface area contributed by atoms with Gasteiger partial charge in [0.25, 0.3) is 0 Å². The highest BCUT2D eigenvalue weighted by molar-refractivity contribution is 5.89. The van der Waals surface area contributed by atoms with Crippen molar-refractivity contribution in [1.29, 1.82) is 0 Å². The van der Waals surface area contributed by atoms with Crippen LogP contribution in [0.5, 0.6) is 5.75 Å². The SMILES string of the molecule is COC(=O)c1ccc2c(c1)C[C@@H](CN)O2. The molecule has 4 heteroatoms. The number of fused-ring (bicyclic) bond motifs is 1. The zero-order valence-electron chi connectivity index (χ0n) is 8.53. The maximum absolute atomic E-state index is 11.3. The number of hydrogen-bond acceptors (Lipinski definition) is 4. The highest BCUT2D eigenvalue weighted by Crippen LogP contribution is 2.29. The fraction of sp³-hybridized carbons (Fsp3) is 0.364. The molecule has 1 heterocycles. The Kier molecular flexibility index (Phi) is 2.60. The summed E-state index contributed by atoms with van der Waals surface area (Å²) in [5.74, 6) is 0.493. The van der Waals surface area contributed by atoms with Crippen LogP contribution in [-0.4, -0.2) is 25.7 Å². The molecular weight excluding hydrogens is 194 g/mol. The second-order valence-electron chi connectivity index (χ2n) is 3.49. The summed E-state index contributed by atoms with van der Waals surface area (Å²) >= 11 is 0. The maximum Gasteiger partial charge on any atom is 0.337 e. The monoisotopic (exact) mass is 207 g/mol. The summed E-state index contributed by atoms with van der Waals surface area (Å²) in [4.78, 5) is 11.3. The molecule has 2 rings (SSSR count). The number of ether oxygens (including phenoxy) is 2. The van der Waals surface area contributed by atoms with E-state index in [1.165, 1.54) is 7.11 Å². The molecule has 0 saturated heterocycles. The summed E-state index contributed by atoms with van der Waals surface area (Å²) in [5.41, 5.74) is 7.10. The highest BCUT2D eigenvalue weighted by Gasteiger charge is 2.22. The van der Waals surface area contributed by atoms with Crippen molar-refractivity contribution in [2.75, 3.05) is 13.7 Å². The van der Waals surface area contributed by atoms with Crippen molar-refractivity contribution < 1.29 is 14.3 Å². The molecule has 1 aromatic rings. The minimum absolute atomic E-state index is 0.0351. The van der Waals surface area contributed by atoms with Gasteiger partial charge in [0.05, 0.1) is 12.7 Å². The van der Waals surface area contributed by atoms with Crippen molar-refractivity contribution >= 4 is 5.97 Å². The topological polar surface area (TPSA) is 61.5 Å². The third-order valence-electron chi connectivity index (χ3n) is 2.49. The molecule has 0 spiro atoms. The average molecular weight is 207 g/mol. The van der Waals surface area contributed by atoms with Gasteiger partial charge in [-0.05, 0) is 23.8 Å². The largest absolute Gasteiger partial charge is 0.488 e. The van der Waals surface area contributed by atoms with Crippen molar-refractivity contribution in [3.8, 4) is 5.75 Å². The lowest BCUT2D eigenvalue weighted by atomic mass is 10.1. The summed E-state index contributed by atoms with van der Waals surface area (Å²) in [5, 5.41) is 0. The van der Waals surface area contributed by atoms with Crippen LogP contribution in [0.2, 0.25) is 0 Å². The van der Waals surface area contributed by atoms with E-state index in [9.17, 15) is 4.79 Å². The Morgan fingerprint density at radius 3 is 3.13 bits per heavy atom. The fourth-order valence-corrected chi connectivity index (χ4v) is 1.70. The van der Waals surface area contributed by atoms with Crippen LogP contribution in [0, 0.1) is 0 Å². The van der Waals surface area contributed by atoms with Gasteiger partial charge in [0.1, 0.15) is 11.9 Å². The maximum atomic E-state index is 11.3. The number of esters is 1. The highest BCUT2D eigenvalue weighted by atomic mass is 16.5. The summed E-state index contributed by atoms with van der Waals surface area (Å²) in [6, 6.07) is 5.29. The van der Waals surface area contributed by atoms with E-state index >= 15 is 0 Å². The summed E-state index contributed by atoms with van der Waals surface area (Å²) < 4.78 is 10.2. The number of methoxy groups -OCH3 is 1. The van der Waals surface area contributed by atoms with Crippen molar-refractivity contribution in [2.24, 2.45) is 5.73 Å². The Balaban J connectivity index is 2.26. The van der Waals surface area contributed by atoms with E-state index in [1.54, 1.807) is 18.2 Å². The van der Waals surface area contributed by atoms with E-state index in [-0.39, 0.29) is 12.1 Å². The van der Waals surface area contributed by atoms with E-state index < -0.39 is 0 Å². The summed E-state index contributed by atoms with van der Waals surface area (Å²) in [6.07, 6.45) is 0.796. The van der Waals surface area contributed by atoms with Crippen molar-refractivity contribution in [3.05, 3.63) is 29.3 Å². The molecule has 80 valence electrons.